The average Bonchev–Trinajstić information content (AvgIpc) is 2.69. The molecule has 20 heavy (non-hydrogen) atoms. The van der Waals surface area contributed by atoms with E-state index in [1.165, 1.54) is 16.7 Å². The number of nitroso groups, excluding NO2 is 1. The van der Waals surface area contributed by atoms with Crippen molar-refractivity contribution in [1.82, 2.24) is 4.90 Å². The molecule has 0 bridgehead atoms. The van der Waals surface area contributed by atoms with Gasteiger partial charge in [0.2, 0.25) is 0 Å². The lowest BCUT2D eigenvalue weighted by molar-refractivity contribution is -0.535. The summed E-state index contributed by atoms with van der Waals surface area (Å²) in [7, 11) is 1.65. The van der Waals surface area contributed by atoms with E-state index >= 15 is 0 Å². The Morgan fingerprint density at radius 2 is 2.30 bits per heavy atom. The Hall–Kier alpha value is -1.89. The third-order valence-corrected chi connectivity index (χ3v) is 4.93. The number of rotatable bonds is 1. The molecular weight excluding hydrogens is 276 g/mol. The van der Waals surface area contributed by atoms with Crippen LogP contribution in [0.3, 0.4) is 0 Å². The van der Waals surface area contributed by atoms with Gasteiger partial charge in [-0.05, 0) is 42.8 Å². The van der Waals surface area contributed by atoms with Gasteiger partial charge < -0.3 is 5.73 Å². The molecule has 104 valence electrons. The molecule has 0 aromatic carbocycles. The van der Waals surface area contributed by atoms with Crippen LogP contribution in [0.1, 0.15) is 13.3 Å². The Kier molecular flexibility index (Phi) is 2.82. The number of hydrazone groups is 1. The quantitative estimate of drug-likeness (QED) is 0.750. The Balaban J connectivity index is 2.01. The van der Waals surface area contributed by atoms with Crippen molar-refractivity contribution in [3.8, 4) is 0 Å². The minimum absolute atomic E-state index is 0.284. The number of nitrogens with zero attached hydrogens (tertiary/aromatic N) is 3. The molecule has 2 N–H and O–H groups in total. The molecule has 0 radical (unpaired) electrons. The number of carbonyl (C=O) groups excluding carboxylic acids is 1. The first-order valence-electron chi connectivity index (χ1n) is 6.26. The maximum Gasteiger partial charge on any atom is 0.318 e. The molecule has 1 atom stereocenters. The van der Waals surface area contributed by atoms with Gasteiger partial charge in [-0.2, -0.15) is 0 Å². The largest absolute Gasteiger partial charge is 0.351 e. The fraction of sp³-hybridized carbons (Fsp3) is 0.385. The van der Waals surface area contributed by atoms with Crippen LogP contribution in [-0.4, -0.2) is 34.4 Å². The summed E-state index contributed by atoms with van der Waals surface area (Å²) < 4.78 is 0. The number of fused-ring (bicyclic) bond motifs is 3. The Bertz CT molecular complexity index is 647. The molecule has 6 nitrogen and oxygen atoms in total. The van der Waals surface area contributed by atoms with Crippen LogP contribution in [0, 0.1) is 10.3 Å². The topological polar surface area (TPSA) is 78.8 Å². The highest BCUT2D eigenvalue weighted by atomic mass is 32.2. The van der Waals surface area contributed by atoms with Gasteiger partial charge in [0.1, 0.15) is 5.71 Å². The van der Waals surface area contributed by atoms with Gasteiger partial charge in [0.25, 0.3) is 5.88 Å². The van der Waals surface area contributed by atoms with Crippen LogP contribution in [0.2, 0.25) is 0 Å². The molecule has 1 heterocycles. The Morgan fingerprint density at radius 1 is 1.55 bits per heavy atom. The zero-order chi connectivity index (χ0) is 14.5. The molecule has 3 aliphatic rings. The summed E-state index contributed by atoms with van der Waals surface area (Å²) in [5.74, 6) is 0.320. The number of primary amides is 1. The summed E-state index contributed by atoms with van der Waals surface area (Å²) >= 11 is 1.50. The van der Waals surface area contributed by atoms with Crippen LogP contribution in [-0.2, 0) is 0 Å². The predicted octanol–water partition coefficient (Wildman–Crippen LogP) is 1.95. The van der Waals surface area contributed by atoms with Crippen LogP contribution in [0.15, 0.2) is 39.5 Å². The summed E-state index contributed by atoms with van der Waals surface area (Å²) in [6.45, 7) is 2.07. The molecule has 0 aromatic rings. The molecule has 7 heteroatoms. The van der Waals surface area contributed by atoms with E-state index in [2.05, 4.69) is 18.1 Å². The number of allylic oxidation sites excluding steroid dienone is 5. The highest BCUT2D eigenvalue weighted by Gasteiger charge is 2.46. The normalized spacial score (nSPS) is 27.8. The van der Waals surface area contributed by atoms with Crippen LogP contribution in [0.4, 0.5) is 4.79 Å². The number of urea groups is 1. The molecular formula is C13H15N4O2S+. The van der Waals surface area contributed by atoms with E-state index in [0.29, 0.717) is 12.3 Å². The molecule has 2 amide bonds. The third kappa shape index (κ3) is 1.81. The first-order valence-corrected chi connectivity index (χ1v) is 7.24. The molecule has 1 unspecified atom stereocenters. The minimum atomic E-state index is -0.489. The number of carbonyl (C=O) groups is 1. The van der Waals surface area contributed by atoms with Crippen molar-refractivity contribution in [2.75, 3.05) is 12.9 Å². The molecule has 2 aliphatic carbocycles. The van der Waals surface area contributed by atoms with Gasteiger partial charge in [-0.15, -0.1) is 0 Å². The second kappa shape index (κ2) is 4.31. The number of nitrogens with two attached hydrogens (primary N) is 1. The van der Waals surface area contributed by atoms with Gasteiger partial charge in [0.15, 0.2) is 4.87 Å². The van der Waals surface area contributed by atoms with Gasteiger partial charge in [0.05, 0.1) is 4.91 Å². The van der Waals surface area contributed by atoms with Crippen LogP contribution < -0.4 is 5.73 Å². The highest BCUT2D eigenvalue weighted by molar-refractivity contribution is 8.03. The summed E-state index contributed by atoms with van der Waals surface area (Å²) in [6.07, 6.45) is 6.65. The lowest BCUT2D eigenvalue weighted by atomic mass is 9.76. The van der Waals surface area contributed by atoms with E-state index in [4.69, 9.17) is 5.73 Å². The van der Waals surface area contributed by atoms with Gasteiger partial charge in [-0.3, -0.25) is 4.90 Å². The summed E-state index contributed by atoms with van der Waals surface area (Å²) in [4.78, 5) is 25.9. The monoisotopic (exact) mass is 291 g/mol. The maximum absolute atomic E-state index is 11.5. The second-order valence-corrected chi connectivity index (χ2v) is 6.23. The van der Waals surface area contributed by atoms with Crippen molar-refractivity contribution in [2.45, 2.75) is 13.3 Å². The van der Waals surface area contributed by atoms with Crippen molar-refractivity contribution in [2.24, 2.45) is 16.3 Å². The maximum atomic E-state index is 11.5. The standard InChI is InChI=1S/C13H14N4O2S/c1-13-4-3-9(16(2)12(14)18)5-8(13)6-10-11(13)15-17(19)7-20-10/h3,5-6H,4,7H2,1-2H3,(H-,14,18)/p+1. The summed E-state index contributed by atoms with van der Waals surface area (Å²) in [5.41, 5.74) is 7.69. The molecule has 0 saturated carbocycles. The Morgan fingerprint density at radius 3 is 3.00 bits per heavy atom. The fourth-order valence-corrected chi connectivity index (χ4v) is 3.54. The fourth-order valence-electron chi connectivity index (χ4n) is 2.62. The first-order chi connectivity index (χ1) is 9.41. The van der Waals surface area contributed by atoms with Crippen molar-refractivity contribution in [3.63, 3.8) is 0 Å². The lowest BCUT2D eigenvalue weighted by Gasteiger charge is -2.30. The number of likely N-dealkylation sites (N-methyl/N-ethyl adjacent to an activating group) is 1. The van der Waals surface area contributed by atoms with Gasteiger partial charge in [0, 0.05) is 28.2 Å². The predicted molar refractivity (Wildman–Crippen MR) is 77.8 cm³/mol. The van der Waals surface area contributed by atoms with Gasteiger partial charge >= 0.3 is 6.03 Å². The van der Waals surface area contributed by atoms with Crippen molar-refractivity contribution in [3.05, 3.63) is 39.3 Å². The SMILES string of the molecule is CN(C(N)=O)C1=CCC2(C)C(=C1)C=C1SC[N+](=O)N=C12. The smallest absolute Gasteiger partial charge is 0.318 e. The van der Waals surface area contributed by atoms with Gasteiger partial charge in [-0.1, -0.05) is 6.08 Å². The van der Waals surface area contributed by atoms with Crippen molar-refractivity contribution >= 4 is 23.5 Å². The molecule has 0 saturated heterocycles. The third-order valence-electron chi connectivity index (χ3n) is 3.96. The average molecular weight is 291 g/mol. The first kappa shape index (κ1) is 13.1. The van der Waals surface area contributed by atoms with E-state index < -0.39 is 6.03 Å². The molecule has 3 rings (SSSR count). The summed E-state index contributed by atoms with van der Waals surface area (Å²) in [5, 5.41) is 4.14. The molecule has 0 spiro atoms. The minimum Gasteiger partial charge on any atom is -0.351 e. The van der Waals surface area contributed by atoms with E-state index in [1.807, 2.05) is 12.2 Å². The molecule has 1 aliphatic heterocycles. The van der Waals surface area contributed by atoms with E-state index in [0.717, 1.165) is 26.8 Å². The second-order valence-electron chi connectivity index (χ2n) is 5.24. The van der Waals surface area contributed by atoms with Crippen LogP contribution in [0.25, 0.3) is 0 Å². The van der Waals surface area contributed by atoms with Crippen molar-refractivity contribution in [1.29, 1.82) is 0 Å². The van der Waals surface area contributed by atoms with E-state index in [9.17, 15) is 9.70 Å². The number of hydrogen-bond acceptors (Lipinski definition) is 3. The zero-order valence-corrected chi connectivity index (χ0v) is 12.1. The zero-order valence-electron chi connectivity index (χ0n) is 11.3. The number of amides is 2. The Labute approximate surface area is 120 Å². The molecule has 0 fully saturated rings. The van der Waals surface area contributed by atoms with Crippen molar-refractivity contribution < 1.29 is 9.66 Å². The lowest BCUT2D eigenvalue weighted by Crippen LogP contribution is -2.34. The van der Waals surface area contributed by atoms with Crippen LogP contribution in [0.5, 0.6) is 0 Å². The van der Waals surface area contributed by atoms with E-state index in [-0.39, 0.29) is 5.41 Å². The van der Waals surface area contributed by atoms with E-state index in [1.54, 1.807) is 7.05 Å². The number of hydrogen-bond donors (Lipinski definition) is 1. The highest BCUT2D eigenvalue weighted by Crippen LogP contribution is 2.49. The summed E-state index contributed by atoms with van der Waals surface area (Å²) in [6, 6.07) is -0.489. The van der Waals surface area contributed by atoms with Crippen LogP contribution >= 0.6 is 11.8 Å². The number of thioether (sulfide) groups is 1. The van der Waals surface area contributed by atoms with Gasteiger partial charge in [-0.25, -0.2) is 4.79 Å². The molecule has 0 aromatic heterocycles.